The molecule has 0 aliphatic heterocycles. The number of amides is 1. The van der Waals surface area contributed by atoms with Crippen LogP contribution in [0.2, 0.25) is 5.02 Å². The molecule has 0 saturated carbocycles. The van der Waals surface area contributed by atoms with Gasteiger partial charge in [0.2, 0.25) is 9.84 Å². The highest BCUT2D eigenvalue weighted by atomic mass is 35.5. The quantitative estimate of drug-likeness (QED) is 0.567. The van der Waals surface area contributed by atoms with Gasteiger partial charge in [0, 0.05) is 23.0 Å². The number of aromatic nitrogens is 2. The lowest BCUT2D eigenvalue weighted by atomic mass is 10.3. The summed E-state index contributed by atoms with van der Waals surface area (Å²) in [5.74, 6) is -1.52. The number of hydrogen-bond donors (Lipinski definition) is 2. The van der Waals surface area contributed by atoms with Crippen LogP contribution in [0.5, 0.6) is 5.75 Å². The Morgan fingerprint density at radius 1 is 1.13 bits per heavy atom. The Labute approximate surface area is 176 Å². The summed E-state index contributed by atoms with van der Waals surface area (Å²) >= 11 is 5.82. The minimum atomic E-state index is -3.90. The normalized spacial score (nSPS) is 11.1. The number of hydrogen-bond acceptors (Lipinski definition) is 6. The molecule has 2 aromatic carbocycles. The van der Waals surface area contributed by atoms with Crippen LogP contribution in [0.15, 0.2) is 64.5 Å². The topological polar surface area (TPSA) is 128 Å². The van der Waals surface area contributed by atoms with Crippen molar-refractivity contribution in [3.8, 4) is 5.75 Å². The number of methoxy groups -OCH3 is 1. The fourth-order valence-electron chi connectivity index (χ4n) is 2.57. The average molecular weight is 450 g/mol. The van der Waals surface area contributed by atoms with E-state index in [1.807, 2.05) is 0 Å². The Hall–Kier alpha value is -3.37. The van der Waals surface area contributed by atoms with Crippen molar-refractivity contribution in [1.29, 1.82) is 0 Å². The van der Waals surface area contributed by atoms with E-state index in [-0.39, 0.29) is 26.9 Å². The van der Waals surface area contributed by atoms with Gasteiger partial charge in [0.1, 0.15) is 12.3 Å². The number of carbonyl (C=O) groups is 2. The van der Waals surface area contributed by atoms with Gasteiger partial charge in [0.05, 0.1) is 16.9 Å². The number of nitrogens with one attached hydrogen (secondary N) is 1. The molecule has 0 bridgehead atoms. The molecule has 9 nitrogen and oxygen atoms in total. The first-order chi connectivity index (χ1) is 14.2. The van der Waals surface area contributed by atoms with Crippen molar-refractivity contribution in [2.45, 2.75) is 16.3 Å². The van der Waals surface area contributed by atoms with Gasteiger partial charge in [0.15, 0.2) is 5.69 Å². The number of carboxylic acid groups (broad SMARTS) is 1. The SMILES string of the molecule is COc1cc(NC(=O)c2ccn(CC(=O)O)n2)cc(S(=O)(=O)c2ccc(Cl)cc2)c1. The zero-order valence-electron chi connectivity index (χ0n) is 15.6. The minimum Gasteiger partial charge on any atom is -0.497 e. The summed E-state index contributed by atoms with van der Waals surface area (Å²) in [7, 11) is -2.53. The largest absolute Gasteiger partial charge is 0.497 e. The van der Waals surface area contributed by atoms with Crippen LogP contribution < -0.4 is 10.1 Å². The zero-order valence-corrected chi connectivity index (χ0v) is 17.1. The standard InChI is InChI=1S/C19H16ClN3O6S/c1-29-14-8-13(21-19(26)17-6-7-23(22-17)11-18(24)25)9-16(10-14)30(27,28)15-4-2-12(20)3-5-15/h2-10H,11H2,1H3,(H,21,26)(H,24,25). The number of aliphatic carboxylic acids is 1. The summed E-state index contributed by atoms with van der Waals surface area (Å²) in [6, 6.07) is 11.1. The first kappa shape index (κ1) is 21.3. The molecule has 1 amide bonds. The lowest BCUT2D eigenvalue weighted by molar-refractivity contribution is -0.137. The van der Waals surface area contributed by atoms with E-state index in [2.05, 4.69) is 10.4 Å². The van der Waals surface area contributed by atoms with E-state index in [4.69, 9.17) is 21.4 Å². The molecule has 156 valence electrons. The van der Waals surface area contributed by atoms with Gasteiger partial charge in [-0.3, -0.25) is 14.3 Å². The predicted molar refractivity (Wildman–Crippen MR) is 108 cm³/mol. The van der Waals surface area contributed by atoms with E-state index < -0.39 is 28.3 Å². The van der Waals surface area contributed by atoms with E-state index in [0.29, 0.717) is 5.02 Å². The molecule has 0 atom stereocenters. The molecule has 1 aromatic heterocycles. The van der Waals surface area contributed by atoms with E-state index >= 15 is 0 Å². The van der Waals surface area contributed by atoms with Gasteiger partial charge < -0.3 is 15.2 Å². The Morgan fingerprint density at radius 2 is 1.83 bits per heavy atom. The summed E-state index contributed by atoms with van der Waals surface area (Å²) < 4.78 is 32.1. The molecule has 3 aromatic rings. The molecule has 0 spiro atoms. The van der Waals surface area contributed by atoms with Crippen LogP contribution in [0.25, 0.3) is 0 Å². The van der Waals surface area contributed by atoms with Gasteiger partial charge in [-0.15, -0.1) is 0 Å². The van der Waals surface area contributed by atoms with Crippen LogP contribution in [0.1, 0.15) is 10.5 Å². The summed E-state index contributed by atoms with van der Waals surface area (Å²) in [6.07, 6.45) is 1.35. The van der Waals surface area contributed by atoms with Gasteiger partial charge >= 0.3 is 5.97 Å². The molecule has 0 saturated heterocycles. The van der Waals surface area contributed by atoms with Gasteiger partial charge in [-0.2, -0.15) is 5.10 Å². The monoisotopic (exact) mass is 449 g/mol. The van der Waals surface area contributed by atoms with Crippen molar-refractivity contribution in [2.24, 2.45) is 0 Å². The predicted octanol–water partition coefficient (Wildman–Crippen LogP) is 2.71. The zero-order chi connectivity index (χ0) is 21.9. The summed E-state index contributed by atoms with van der Waals surface area (Å²) in [5, 5.41) is 15.6. The fourth-order valence-corrected chi connectivity index (χ4v) is 4.02. The third-order valence-electron chi connectivity index (χ3n) is 3.98. The number of benzene rings is 2. The van der Waals surface area contributed by atoms with Crippen molar-refractivity contribution in [3.63, 3.8) is 0 Å². The van der Waals surface area contributed by atoms with Crippen LogP contribution in [0.4, 0.5) is 5.69 Å². The van der Waals surface area contributed by atoms with Gasteiger partial charge in [-0.1, -0.05) is 11.6 Å². The van der Waals surface area contributed by atoms with Crippen molar-refractivity contribution in [1.82, 2.24) is 9.78 Å². The number of carboxylic acids is 1. The first-order valence-corrected chi connectivity index (χ1v) is 10.3. The molecule has 0 radical (unpaired) electrons. The Bertz CT molecular complexity index is 1210. The molecule has 0 fully saturated rings. The van der Waals surface area contributed by atoms with Crippen molar-refractivity contribution in [3.05, 3.63) is 65.4 Å². The third kappa shape index (κ3) is 4.78. The van der Waals surface area contributed by atoms with Crippen LogP contribution in [-0.4, -0.2) is 42.3 Å². The van der Waals surface area contributed by atoms with E-state index in [0.717, 1.165) is 4.68 Å². The molecular formula is C19H16ClN3O6S. The number of nitrogens with zero attached hydrogens (tertiary/aromatic N) is 2. The first-order valence-electron chi connectivity index (χ1n) is 8.45. The Kier molecular flexibility index (Phi) is 6.09. The summed E-state index contributed by atoms with van der Waals surface area (Å²) in [5.41, 5.74) is 0.140. The molecule has 0 aliphatic carbocycles. The number of sulfone groups is 1. The van der Waals surface area contributed by atoms with E-state index in [1.54, 1.807) is 0 Å². The molecule has 0 aliphatic rings. The molecule has 11 heteroatoms. The highest BCUT2D eigenvalue weighted by Gasteiger charge is 2.20. The number of anilines is 1. The number of carbonyl (C=O) groups excluding carboxylic acids is 1. The number of rotatable bonds is 7. The second-order valence-corrected chi connectivity index (χ2v) is 8.49. The molecule has 0 unspecified atom stereocenters. The Balaban J connectivity index is 1.91. The van der Waals surface area contributed by atoms with Crippen LogP contribution in [0, 0.1) is 0 Å². The lowest BCUT2D eigenvalue weighted by Crippen LogP contribution is -2.15. The van der Waals surface area contributed by atoms with E-state index in [1.165, 1.54) is 61.8 Å². The van der Waals surface area contributed by atoms with Gasteiger partial charge in [0.25, 0.3) is 5.91 Å². The van der Waals surface area contributed by atoms with E-state index in [9.17, 15) is 18.0 Å². The maximum atomic E-state index is 12.9. The molecule has 3 rings (SSSR count). The molecule has 2 N–H and O–H groups in total. The second-order valence-electron chi connectivity index (χ2n) is 6.10. The molecular weight excluding hydrogens is 434 g/mol. The Morgan fingerprint density at radius 3 is 2.47 bits per heavy atom. The summed E-state index contributed by atoms with van der Waals surface area (Å²) in [6.45, 7) is -0.393. The fraction of sp³-hybridized carbons (Fsp3) is 0.105. The van der Waals surface area contributed by atoms with Crippen molar-refractivity contribution in [2.75, 3.05) is 12.4 Å². The van der Waals surface area contributed by atoms with Crippen molar-refractivity contribution >= 4 is 39.0 Å². The lowest BCUT2D eigenvalue weighted by Gasteiger charge is -2.11. The second kappa shape index (κ2) is 8.56. The average Bonchev–Trinajstić information content (AvgIpc) is 3.16. The number of halogens is 1. The van der Waals surface area contributed by atoms with Crippen LogP contribution in [0.3, 0.4) is 0 Å². The molecule has 30 heavy (non-hydrogen) atoms. The van der Waals surface area contributed by atoms with Crippen LogP contribution in [-0.2, 0) is 21.2 Å². The van der Waals surface area contributed by atoms with Gasteiger partial charge in [-0.25, -0.2) is 8.42 Å². The van der Waals surface area contributed by atoms with Gasteiger partial charge in [-0.05, 0) is 42.5 Å². The maximum Gasteiger partial charge on any atom is 0.325 e. The smallest absolute Gasteiger partial charge is 0.325 e. The van der Waals surface area contributed by atoms with Crippen LogP contribution >= 0.6 is 11.6 Å². The number of ether oxygens (including phenoxy) is 1. The minimum absolute atomic E-state index is 0.0267. The molecule has 1 heterocycles. The third-order valence-corrected chi connectivity index (χ3v) is 5.98. The maximum absolute atomic E-state index is 12.9. The van der Waals surface area contributed by atoms with Crippen molar-refractivity contribution < 1.29 is 27.9 Å². The summed E-state index contributed by atoms with van der Waals surface area (Å²) in [4.78, 5) is 23.1. The highest BCUT2D eigenvalue weighted by Crippen LogP contribution is 2.29. The highest BCUT2D eigenvalue weighted by molar-refractivity contribution is 7.91.